The van der Waals surface area contributed by atoms with Crippen molar-refractivity contribution in [2.75, 3.05) is 40.4 Å². The van der Waals surface area contributed by atoms with Gasteiger partial charge in [-0.1, -0.05) is 29.1 Å². The Morgan fingerprint density at radius 1 is 1.29 bits per heavy atom. The molecule has 1 rings (SSSR count). The van der Waals surface area contributed by atoms with Crippen LogP contribution in [0.4, 0.5) is 0 Å². The third-order valence-corrected chi connectivity index (χ3v) is 3.24. The van der Waals surface area contributed by atoms with Crippen molar-refractivity contribution >= 4 is 15.9 Å². The molecule has 0 aromatic rings. The molecule has 0 saturated carbocycles. The van der Waals surface area contributed by atoms with Crippen molar-refractivity contribution in [1.82, 2.24) is 9.80 Å². The second kappa shape index (κ2) is 6.99. The van der Waals surface area contributed by atoms with Crippen molar-refractivity contribution in [2.45, 2.75) is 6.04 Å². The Bertz CT molecular complexity index is 311. The summed E-state index contributed by atoms with van der Waals surface area (Å²) in [7, 11) is 4.19. The van der Waals surface area contributed by atoms with Gasteiger partial charge >= 0.3 is 0 Å². The fourth-order valence-corrected chi connectivity index (χ4v) is 1.56. The standard InChI is InChI=1S/C13H21BrN2O/c1-11(14)5-6-12(2)15(3)7-8-16(4)13-9-17-10-13/h5-6,13H,1-2,7-10H2,3-4H3/b6-5-. The summed E-state index contributed by atoms with van der Waals surface area (Å²) < 4.78 is 6.03. The first kappa shape index (κ1) is 14.5. The highest BCUT2D eigenvalue weighted by atomic mass is 79.9. The quantitative estimate of drug-likeness (QED) is 0.671. The highest BCUT2D eigenvalue weighted by molar-refractivity contribution is 9.11. The van der Waals surface area contributed by atoms with Crippen LogP contribution in [0.3, 0.4) is 0 Å². The van der Waals surface area contributed by atoms with Crippen LogP contribution in [0.15, 0.2) is 35.5 Å². The third kappa shape index (κ3) is 5.06. The molecule has 1 saturated heterocycles. The number of allylic oxidation sites excluding steroid dienone is 3. The van der Waals surface area contributed by atoms with Gasteiger partial charge in [0.1, 0.15) is 0 Å². The molecule has 0 N–H and O–H groups in total. The minimum atomic E-state index is 0.592. The zero-order valence-electron chi connectivity index (χ0n) is 10.7. The van der Waals surface area contributed by atoms with Crippen molar-refractivity contribution in [2.24, 2.45) is 0 Å². The summed E-state index contributed by atoms with van der Waals surface area (Å²) in [4.78, 5) is 4.48. The minimum absolute atomic E-state index is 0.592. The maximum absolute atomic E-state index is 5.18. The molecule has 17 heavy (non-hydrogen) atoms. The Morgan fingerprint density at radius 3 is 2.41 bits per heavy atom. The maximum atomic E-state index is 5.18. The van der Waals surface area contributed by atoms with E-state index in [0.29, 0.717) is 6.04 Å². The van der Waals surface area contributed by atoms with Gasteiger partial charge in [0.05, 0.1) is 19.3 Å². The number of hydrogen-bond donors (Lipinski definition) is 0. The van der Waals surface area contributed by atoms with Crippen LogP contribution in [-0.4, -0.2) is 56.2 Å². The predicted octanol–water partition coefficient (Wildman–Crippen LogP) is 2.23. The van der Waals surface area contributed by atoms with Gasteiger partial charge in [-0.25, -0.2) is 0 Å². The second-order valence-electron chi connectivity index (χ2n) is 4.36. The molecule has 0 aliphatic carbocycles. The monoisotopic (exact) mass is 300 g/mol. The van der Waals surface area contributed by atoms with Gasteiger partial charge < -0.3 is 9.64 Å². The molecule has 1 aliphatic heterocycles. The predicted molar refractivity (Wildman–Crippen MR) is 76.2 cm³/mol. The fraction of sp³-hybridized carbons (Fsp3) is 0.538. The summed E-state index contributed by atoms with van der Waals surface area (Å²) in [6.07, 6.45) is 3.87. The Balaban J connectivity index is 2.25. The first-order valence-electron chi connectivity index (χ1n) is 5.71. The van der Waals surface area contributed by atoms with E-state index in [1.807, 2.05) is 12.2 Å². The highest BCUT2D eigenvalue weighted by Crippen LogP contribution is 2.09. The lowest BCUT2D eigenvalue weighted by atomic mass is 10.2. The van der Waals surface area contributed by atoms with Gasteiger partial charge in [-0.3, -0.25) is 4.90 Å². The van der Waals surface area contributed by atoms with Gasteiger partial charge in [0.25, 0.3) is 0 Å². The molecule has 0 aromatic heterocycles. The largest absolute Gasteiger partial charge is 0.378 e. The van der Waals surface area contributed by atoms with Crippen LogP contribution >= 0.6 is 15.9 Å². The van der Waals surface area contributed by atoms with Gasteiger partial charge in [0, 0.05) is 30.3 Å². The van der Waals surface area contributed by atoms with Crippen molar-refractivity contribution in [3.63, 3.8) is 0 Å². The summed E-state index contributed by atoms with van der Waals surface area (Å²) in [5.74, 6) is 0. The maximum Gasteiger partial charge on any atom is 0.0645 e. The van der Waals surface area contributed by atoms with Crippen molar-refractivity contribution in [3.8, 4) is 0 Å². The average Bonchev–Trinajstić information content (AvgIpc) is 2.19. The van der Waals surface area contributed by atoms with Gasteiger partial charge in [0.15, 0.2) is 0 Å². The van der Waals surface area contributed by atoms with E-state index < -0.39 is 0 Å². The van der Waals surface area contributed by atoms with Crippen molar-refractivity contribution < 1.29 is 4.74 Å². The zero-order valence-corrected chi connectivity index (χ0v) is 12.2. The van der Waals surface area contributed by atoms with Gasteiger partial charge in [-0.2, -0.15) is 0 Å². The second-order valence-corrected chi connectivity index (χ2v) is 5.38. The van der Waals surface area contributed by atoms with Crippen molar-refractivity contribution in [3.05, 3.63) is 35.5 Å². The SMILES string of the molecule is C=C(Br)/C=C\C(=C)N(C)CCN(C)C1COC1. The molecule has 0 atom stereocenters. The molecule has 0 bridgehead atoms. The molecule has 0 aromatic carbocycles. The van der Waals surface area contributed by atoms with Crippen LogP contribution in [0, 0.1) is 0 Å². The van der Waals surface area contributed by atoms with Gasteiger partial charge in [0.2, 0.25) is 0 Å². The summed E-state index contributed by atoms with van der Waals surface area (Å²) in [5.41, 5.74) is 0.990. The first-order valence-corrected chi connectivity index (χ1v) is 6.50. The van der Waals surface area contributed by atoms with Crippen LogP contribution in [0.25, 0.3) is 0 Å². The highest BCUT2D eigenvalue weighted by Gasteiger charge is 2.22. The normalized spacial score (nSPS) is 16.2. The molecule has 0 unspecified atom stereocenters. The van der Waals surface area contributed by atoms with E-state index in [-0.39, 0.29) is 0 Å². The summed E-state index contributed by atoms with van der Waals surface area (Å²) in [6.45, 7) is 11.5. The molecule has 4 heteroatoms. The molecule has 1 heterocycles. The lowest BCUT2D eigenvalue weighted by Gasteiger charge is -2.35. The summed E-state index contributed by atoms with van der Waals surface area (Å²) in [5, 5.41) is 0. The van der Waals surface area contributed by atoms with Gasteiger partial charge in [-0.05, 0) is 19.2 Å². The average molecular weight is 301 g/mol. The smallest absolute Gasteiger partial charge is 0.0645 e. The molecule has 0 amide bonds. The number of likely N-dealkylation sites (N-methyl/N-ethyl adjacent to an activating group) is 2. The molecular weight excluding hydrogens is 280 g/mol. The number of rotatable bonds is 7. The number of halogens is 1. The topological polar surface area (TPSA) is 15.7 Å². The summed E-state index contributed by atoms with van der Waals surface area (Å²) in [6, 6.07) is 0.592. The van der Waals surface area contributed by atoms with E-state index in [9.17, 15) is 0 Å². The molecule has 1 fully saturated rings. The Labute approximate surface area is 113 Å². The van der Waals surface area contributed by atoms with Crippen LogP contribution in [-0.2, 0) is 4.74 Å². The van der Waals surface area contributed by atoms with E-state index in [1.54, 1.807) is 0 Å². The van der Waals surface area contributed by atoms with E-state index in [1.165, 1.54) is 0 Å². The Kier molecular flexibility index (Phi) is 5.95. The lowest BCUT2D eigenvalue weighted by molar-refractivity contribution is -0.0567. The molecular formula is C13H21BrN2O. The van der Waals surface area contributed by atoms with Crippen LogP contribution in [0.2, 0.25) is 0 Å². The van der Waals surface area contributed by atoms with Crippen LogP contribution in [0.1, 0.15) is 0 Å². The van der Waals surface area contributed by atoms with Crippen molar-refractivity contribution in [1.29, 1.82) is 0 Å². The number of nitrogens with zero attached hydrogens (tertiary/aromatic N) is 2. The zero-order chi connectivity index (χ0) is 12.8. The fourth-order valence-electron chi connectivity index (χ4n) is 1.43. The molecule has 1 aliphatic rings. The van der Waals surface area contributed by atoms with E-state index in [4.69, 9.17) is 4.74 Å². The van der Waals surface area contributed by atoms with E-state index in [2.05, 4.69) is 53.0 Å². The van der Waals surface area contributed by atoms with Crippen LogP contribution in [0.5, 0.6) is 0 Å². The van der Waals surface area contributed by atoms with E-state index in [0.717, 1.165) is 36.5 Å². The van der Waals surface area contributed by atoms with E-state index >= 15 is 0 Å². The molecule has 0 spiro atoms. The lowest BCUT2D eigenvalue weighted by Crippen LogP contribution is -2.48. The molecule has 3 nitrogen and oxygen atoms in total. The number of hydrogen-bond acceptors (Lipinski definition) is 3. The summed E-state index contributed by atoms with van der Waals surface area (Å²) >= 11 is 3.29. The molecule has 0 radical (unpaired) electrons. The minimum Gasteiger partial charge on any atom is -0.378 e. The molecule has 96 valence electrons. The number of ether oxygens (including phenoxy) is 1. The Morgan fingerprint density at radius 2 is 1.94 bits per heavy atom. The third-order valence-electron chi connectivity index (χ3n) is 2.98. The van der Waals surface area contributed by atoms with Crippen LogP contribution < -0.4 is 0 Å². The van der Waals surface area contributed by atoms with Gasteiger partial charge in [-0.15, -0.1) is 0 Å². The first-order chi connectivity index (χ1) is 8.00. The Hall–Kier alpha value is -0.580.